The molecule has 0 aliphatic carbocycles. The molecule has 156 valence electrons. The van der Waals surface area contributed by atoms with Crippen LogP contribution < -0.4 is 10.6 Å². The van der Waals surface area contributed by atoms with Gasteiger partial charge in [-0.1, -0.05) is 31.2 Å². The van der Waals surface area contributed by atoms with Crippen molar-refractivity contribution < 1.29 is 18.1 Å². The number of hydrogen-bond acceptors (Lipinski definition) is 6. The van der Waals surface area contributed by atoms with E-state index in [4.69, 9.17) is 0 Å². The van der Waals surface area contributed by atoms with Crippen LogP contribution in [0.5, 0.6) is 0 Å². The minimum Gasteiger partial charge on any atom is -0.378 e. The van der Waals surface area contributed by atoms with Gasteiger partial charge in [0, 0.05) is 31.8 Å². The Morgan fingerprint density at radius 2 is 1.72 bits per heavy atom. The number of aryl methyl sites for hydroxylation is 2. The van der Waals surface area contributed by atoms with Gasteiger partial charge in [-0.3, -0.25) is 14.9 Å². The second kappa shape index (κ2) is 10.0. The Balaban J connectivity index is 1.82. The lowest BCUT2D eigenvalue weighted by molar-refractivity contribution is -0.384. The normalized spacial score (nSPS) is 11.1. The van der Waals surface area contributed by atoms with E-state index in [1.165, 1.54) is 17.7 Å². The molecule has 0 saturated heterocycles. The molecule has 0 heterocycles. The van der Waals surface area contributed by atoms with E-state index in [0.29, 0.717) is 19.4 Å². The topological polar surface area (TPSA) is 118 Å². The quantitative estimate of drug-likeness (QED) is 0.347. The van der Waals surface area contributed by atoms with Crippen LogP contribution in [0, 0.1) is 10.1 Å². The van der Waals surface area contributed by atoms with Crippen molar-refractivity contribution in [2.45, 2.75) is 31.1 Å². The van der Waals surface area contributed by atoms with Crippen molar-refractivity contribution in [3.05, 3.63) is 63.7 Å². The summed E-state index contributed by atoms with van der Waals surface area (Å²) in [4.78, 5) is 22.4. The Bertz CT molecular complexity index is 972. The van der Waals surface area contributed by atoms with Gasteiger partial charge in [-0.15, -0.1) is 0 Å². The molecule has 29 heavy (non-hydrogen) atoms. The SMILES string of the molecule is CCc1ccc(CCC(=O)NCCNc2ccc(S(C)(=O)=O)cc2[N+](=O)[O-])cc1. The lowest BCUT2D eigenvalue weighted by Crippen LogP contribution is -2.29. The van der Waals surface area contributed by atoms with Crippen molar-refractivity contribution in [2.75, 3.05) is 24.7 Å². The van der Waals surface area contributed by atoms with Gasteiger partial charge in [0.25, 0.3) is 5.69 Å². The zero-order valence-corrected chi connectivity index (χ0v) is 17.3. The van der Waals surface area contributed by atoms with Gasteiger partial charge in [-0.25, -0.2) is 8.42 Å². The van der Waals surface area contributed by atoms with Gasteiger partial charge < -0.3 is 10.6 Å². The zero-order valence-electron chi connectivity index (χ0n) is 16.5. The van der Waals surface area contributed by atoms with E-state index in [1.54, 1.807) is 0 Å². The predicted octanol–water partition coefficient (Wildman–Crippen LogP) is 2.72. The summed E-state index contributed by atoms with van der Waals surface area (Å²) in [5.74, 6) is -0.103. The first-order valence-electron chi connectivity index (χ1n) is 9.27. The number of carbonyl (C=O) groups is 1. The Hall–Kier alpha value is -2.94. The largest absolute Gasteiger partial charge is 0.378 e. The van der Waals surface area contributed by atoms with E-state index in [1.807, 2.05) is 12.1 Å². The molecule has 0 fully saturated rings. The van der Waals surface area contributed by atoms with Gasteiger partial charge >= 0.3 is 0 Å². The van der Waals surface area contributed by atoms with Crippen molar-refractivity contribution in [1.82, 2.24) is 5.32 Å². The first-order chi connectivity index (χ1) is 13.7. The molecule has 8 nitrogen and oxygen atoms in total. The van der Waals surface area contributed by atoms with Crippen LogP contribution in [0.3, 0.4) is 0 Å². The second-order valence-electron chi connectivity index (χ2n) is 6.66. The zero-order chi connectivity index (χ0) is 21.4. The minimum atomic E-state index is -3.53. The summed E-state index contributed by atoms with van der Waals surface area (Å²) >= 11 is 0. The van der Waals surface area contributed by atoms with Crippen LogP contribution in [0.1, 0.15) is 24.5 Å². The summed E-state index contributed by atoms with van der Waals surface area (Å²) in [5.41, 5.74) is 2.22. The minimum absolute atomic E-state index is 0.103. The lowest BCUT2D eigenvalue weighted by Gasteiger charge is -2.09. The first kappa shape index (κ1) is 22.4. The summed E-state index contributed by atoms with van der Waals surface area (Å²) in [5, 5.41) is 16.8. The van der Waals surface area contributed by atoms with Crippen molar-refractivity contribution in [3.8, 4) is 0 Å². The van der Waals surface area contributed by atoms with E-state index in [0.717, 1.165) is 24.3 Å². The Morgan fingerprint density at radius 3 is 2.31 bits per heavy atom. The molecule has 2 rings (SSSR count). The van der Waals surface area contributed by atoms with Gasteiger partial charge in [0.05, 0.1) is 9.82 Å². The standard InChI is InChI=1S/C20H25N3O5S/c1-3-15-4-6-16(7-5-15)8-11-20(24)22-13-12-21-18-10-9-17(29(2,27)28)14-19(18)23(25)26/h4-7,9-10,14,21H,3,8,11-13H2,1-2H3,(H,22,24). The van der Waals surface area contributed by atoms with Crippen LogP contribution in [0.2, 0.25) is 0 Å². The summed E-state index contributed by atoms with van der Waals surface area (Å²) < 4.78 is 23.1. The number of carbonyl (C=O) groups excluding carboxylic acids is 1. The molecule has 0 spiro atoms. The van der Waals surface area contributed by atoms with Crippen molar-refractivity contribution in [1.29, 1.82) is 0 Å². The molecule has 9 heteroatoms. The predicted molar refractivity (Wildman–Crippen MR) is 112 cm³/mol. The molecule has 2 N–H and O–H groups in total. The molecule has 0 unspecified atom stereocenters. The first-order valence-corrected chi connectivity index (χ1v) is 11.2. The number of rotatable bonds is 10. The number of anilines is 1. The molecule has 0 aromatic heterocycles. The maximum atomic E-state index is 12.0. The molecule has 1 amide bonds. The highest BCUT2D eigenvalue weighted by Gasteiger charge is 2.18. The van der Waals surface area contributed by atoms with E-state index in [2.05, 4.69) is 29.7 Å². The summed E-state index contributed by atoms with van der Waals surface area (Å²) in [6.45, 7) is 2.65. The second-order valence-corrected chi connectivity index (χ2v) is 8.67. The third kappa shape index (κ3) is 6.86. The third-order valence-corrected chi connectivity index (χ3v) is 5.54. The fourth-order valence-corrected chi connectivity index (χ4v) is 3.37. The summed E-state index contributed by atoms with van der Waals surface area (Å²) in [6.07, 6.45) is 2.96. The molecule has 2 aromatic carbocycles. The van der Waals surface area contributed by atoms with Gasteiger partial charge in [0.1, 0.15) is 5.69 Å². The number of sulfone groups is 1. The highest BCUT2D eigenvalue weighted by atomic mass is 32.2. The fourth-order valence-electron chi connectivity index (χ4n) is 2.73. The maximum absolute atomic E-state index is 12.0. The van der Waals surface area contributed by atoms with Crippen LogP contribution in [0.25, 0.3) is 0 Å². The Labute approximate surface area is 170 Å². The third-order valence-electron chi connectivity index (χ3n) is 4.43. The molecule has 0 bridgehead atoms. The van der Waals surface area contributed by atoms with Gasteiger partial charge in [-0.05, 0) is 36.1 Å². The smallest absolute Gasteiger partial charge is 0.293 e. The number of nitrogens with zero attached hydrogens (tertiary/aromatic N) is 1. The lowest BCUT2D eigenvalue weighted by atomic mass is 10.1. The van der Waals surface area contributed by atoms with Gasteiger partial charge in [-0.2, -0.15) is 0 Å². The van der Waals surface area contributed by atoms with E-state index < -0.39 is 14.8 Å². The highest BCUT2D eigenvalue weighted by Crippen LogP contribution is 2.27. The molecule has 0 radical (unpaired) electrons. The number of nitrogens with one attached hydrogen (secondary N) is 2. The summed E-state index contributed by atoms with van der Waals surface area (Å²) in [7, 11) is -3.53. The Kier molecular flexibility index (Phi) is 7.72. The number of benzene rings is 2. The average Bonchev–Trinajstić information content (AvgIpc) is 2.69. The number of hydrogen-bond donors (Lipinski definition) is 2. The average molecular weight is 420 g/mol. The molecular weight excluding hydrogens is 394 g/mol. The molecule has 0 atom stereocenters. The van der Waals surface area contributed by atoms with Crippen LogP contribution in [0.4, 0.5) is 11.4 Å². The molecule has 0 saturated carbocycles. The van der Waals surface area contributed by atoms with Crippen molar-refractivity contribution in [3.63, 3.8) is 0 Å². The van der Waals surface area contributed by atoms with Crippen LogP contribution in [0.15, 0.2) is 47.4 Å². The fraction of sp³-hybridized carbons (Fsp3) is 0.350. The van der Waals surface area contributed by atoms with Crippen LogP contribution >= 0.6 is 0 Å². The van der Waals surface area contributed by atoms with E-state index in [9.17, 15) is 23.3 Å². The summed E-state index contributed by atoms with van der Waals surface area (Å²) in [6, 6.07) is 11.8. The number of nitro groups is 1. The number of amides is 1. The van der Waals surface area contributed by atoms with Gasteiger partial charge in [0.15, 0.2) is 9.84 Å². The van der Waals surface area contributed by atoms with Gasteiger partial charge in [0.2, 0.25) is 5.91 Å². The molecular formula is C20H25N3O5S. The Morgan fingerprint density at radius 1 is 1.07 bits per heavy atom. The molecule has 0 aliphatic rings. The molecule has 2 aromatic rings. The van der Waals surface area contributed by atoms with Crippen LogP contribution in [-0.2, 0) is 27.5 Å². The monoisotopic (exact) mass is 419 g/mol. The maximum Gasteiger partial charge on any atom is 0.293 e. The van der Waals surface area contributed by atoms with Crippen molar-refractivity contribution in [2.24, 2.45) is 0 Å². The van der Waals surface area contributed by atoms with Crippen LogP contribution in [-0.4, -0.2) is 38.6 Å². The van der Waals surface area contributed by atoms with E-state index in [-0.39, 0.29) is 28.7 Å². The number of nitro benzene ring substituents is 1. The van der Waals surface area contributed by atoms with Crippen molar-refractivity contribution >= 4 is 27.1 Å². The van der Waals surface area contributed by atoms with E-state index >= 15 is 0 Å². The highest BCUT2D eigenvalue weighted by molar-refractivity contribution is 7.90. The molecule has 0 aliphatic heterocycles.